The molecule has 1 N–H and O–H groups in total. The zero-order chi connectivity index (χ0) is 23.7. The number of benzene rings is 1. The molecule has 2 heterocycles. The molecule has 2 aliphatic rings. The lowest BCUT2D eigenvalue weighted by molar-refractivity contribution is 0.0802. The van der Waals surface area contributed by atoms with E-state index in [1.165, 1.54) is 21.3 Å². The monoisotopic (exact) mass is 482 g/mol. The molecule has 33 heavy (non-hydrogen) atoms. The number of aliphatic imine (C=N–C) groups is 1. The Labute approximate surface area is 195 Å². The van der Waals surface area contributed by atoms with Crippen molar-refractivity contribution in [1.29, 1.82) is 0 Å². The second-order valence-electron chi connectivity index (χ2n) is 7.95. The number of hydrogen-bond acceptors (Lipinski definition) is 7. The standard InChI is InChI=1S/C23H25ClF2N2O5/c1-30-17-8-14-12(7-18(17)33-10-19(25)26)13-6-11(29)4-5-16(13)27-22(14)15-9-20(31-2)28-23(32-3)21(15)24/h7-9,11,13,16,19,29H,4-6,10H2,1-3H3. The van der Waals surface area contributed by atoms with Crippen molar-refractivity contribution in [3.8, 4) is 23.3 Å². The van der Waals surface area contributed by atoms with Crippen molar-refractivity contribution >= 4 is 17.3 Å². The number of nitrogens with zero attached hydrogens (tertiary/aromatic N) is 2. The van der Waals surface area contributed by atoms with Gasteiger partial charge in [0.25, 0.3) is 6.43 Å². The third-order valence-corrected chi connectivity index (χ3v) is 6.36. The Morgan fingerprint density at radius 2 is 1.85 bits per heavy atom. The highest BCUT2D eigenvalue weighted by molar-refractivity contribution is 6.37. The smallest absolute Gasteiger partial charge is 0.272 e. The van der Waals surface area contributed by atoms with Gasteiger partial charge in [0.05, 0.1) is 39.2 Å². The average Bonchev–Trinajstić information content (AvgIpc) is 2.82. The number of aliphatic hydroxyl groups excluding tert-OH is 1. The number of halogens is 3. The van der Waals surface area contributed by atoms with E-state index in [1.807, 2.05) is 0 Å². The number of pyridine rings is 1. The van der Waals surface area contributed by atoms with Gasteiger partial charge in [-0.2, -0.15) is 4.98 Å². The number of fused-ring (bicyclic) bond motifs is 3. The lowest BCUT2D eigenvalue weighted by Crippen LogP contribution is -2.34. The predicted molar refractivity (Wildman–Crippen MR) is 119 cm³/mol. The summed E-state index contributed by atoms with van der Waals surface area (Å²) >= 11 is 6.62. The molecule has 0 amide bonds. The molecule has 1 aliphatic heterocycles. The van der Waals surface area contributed by atoms with E-state index >= 15 is 0 Å². The molecule has 178 valence electrons. The van der Waals surface area contributed by atoms with E-state index in [9.17, 15) is 13.9 Å². The summed E-state index contributed by atoms with van der Waals surface area (Å²) in [5.74, 6) is 0.908. The predicted octanol–water partition coefficient (Wildman–Crippen LogP) is 4.25. The van der Waals surface area contributed by atoms with Gasteiger partial charge < -0.3 is 24.1 Å². The summed E-state index contributed by atoms with van der Waals surface area (Å²) in [7, 11) is 4.39. The molecule has 1 aromatic heterocycles. The topological polar surface area (TPSA) is 82.4 Å². The van der Waals surface area contributed by atoms with Gasteiger partial charge in [-0.25, -0.2) is 8.78 Å². The third kappa shape index (κ3) is 4.56. The largest absolute Gasteiger partial charge is 0.493 e. The molecule has 10 heteroatoms. The number of ether oxygens (including phenoxy) is 4. The zero-order valence-corrected chi connectivity index (χ0v) is 19.2. The summed E-state index contributed by atoms with van der Waals surface area (Å²) in [6.45, 7) is -0.753. The van der Waals surface area contributed by atoms with E-state index < -0.39 is 19.1 Å². The van der Waals surface area contributed by atoms with Crippen molar-refractivity contribution in [2.75, 3.05) is 27.9 Å². The lowest BCUT2D eigenvalue weighted by Gasteiger charge is -2.37. The van der Waals surface area contributed by atoms with Crippen LogP contribution < -0.4 is 18.9 Å². The van der Waals surface area contributed by atoms with Crippen molar-refractivity contribution < 1.29 is 32.8 Å². The lowest BCUT2D eigenvalue weighted by atomic mass is 9.74. The first-order chi connectivity index (χ1) is 15.9. The number of hydrogen-bond donors (Lipinski definition) is 1. The Kier molecular flexibility index (Phi) is 6.90. The van der Waals surface area contributed by atoms with Gasteiger partial charge >= 0.3 is 0 Å². The summed E-state index contributed by atoms with van der Waals surface area (Å²) in [5.41, 5.74) is 2.70. The van der Waals surface area contributed by atoms with Crippen LogP contribution in [-0.2, 0) is 0 Å². The maximum Gasteiger partial charge on any atom is 0.272 e. The molecule has 0 saturated heterocycles. The molecule has 4 rings (SSSR count). The van der Waals surface area contributed by atoms with Crippen molar-refractivity contribution in [1.82, 2.24) is 4.98 Å². The second kappa shape index (κ2) is 9.69. The minimum Gasteiger partial charge on any atom is -0.493 e. The molecule has 1 fully saturated rings. The van der Waals surface area contributed by atoms with Crippen LogP contribution >= 0.6 is 11.6 Å². The molecule has 1 saturated carbocycles. The van der Waals surface area contributed by atoms with Crippen molar-refractivity contribution in [2.45, 2.75) is 43.8 Å². The average molecular weight is 483 g/mol. The fourth-order valence-electron chi connectivity index (χ4n) is 4.48. The molecule has 3 atom stereocenters. The maximum absolute atomic E-state index is 12.8. The van der Waals surface area contributed by atoms with Crippen LogP contribution in [0.3, 0.4) is 0 Å². The number of methoxy groups -OCH3 is 3. The van der Waals surface area contributed by atoms with E-state index in [4.69, 9.17) is 35.5 Å². The van der Waals surface area contributed by atoms with Crippen LogP contribution in [-0.4, -0.2) is 62.3 Å². The Morgan fingerprint density at radius 1 is 1.06 bits per heavy atom. The third-order valence-electron chi connectivity index (χ3n) is 6.00. The highest BCUT2D eigenvalue weighted by Crippen LogP contribution is 2.46. The number of rotatable bonds is 7. The van der Waals surface area contributed by atoms with Gasteiger partial charge in [-0.05, 0) is 37.0 Å². The molecule has 1 aliphatic carbocycles. The van der Waals surface area contributed by atoms with E-state index in [1.54, 1.807) is 18.2 Å². The fraction of sp³-hybridized carbons (Fsp3) is 0.478. The van der Waals surface area contributed by atoms with Gasteiger partial charge in [0, 0.05) is 23.1 Å². The summed E-state index contributed by atoms with van der Waals surface area (Å²) in [6, 6.07) is 4.99. The Balaban J connectivity index is 1.91. The first-order valence-corrected chi connectivity index (χ1v) is 10.9. The fourth-order valence-corrected chi connectivity index (χ4v) is 4.74. The van der Waals surface area contributed by atoms with Gasteiger partial charge in [-0.1, -0.05) is 11.6 Å². The molecule has 3 unspecified atom stereocenters. The van der Waals surface area contributed by atoms with E-state index in [0.29, 0.717) is 47.7 Å². The minimum atomic E-state index is -2.62. The van der Waals surface area contributed by atoms with E-state index in [-0.39, 0.29) is 28.6 Å². The van der Waals surface area contributed by atoms with Gasteiger partial charge in [0.2, 0.25) is 11.8 Å². The minimum absolute atomic E-state index is 0.100. The maximum atomic E-state index is 12.8. The highest BCUT2D eigenvalue weighted by atomic mass is 35.5. The summed E-state index contributed by atoms with van der Waals surface area (Å²) in [6.07, 6.45) is -1.29. The molecule has 2 aromatic rings. The van der Waals surface area contributed by atoms with E-state index in [2.05, 4.69) is 4.98 Å². The normalized spacial score (nSPS) is 21.7. The summed E-state index contributed by atoms with van der Waals surface area (Å²) < 4.78 is 47.1. The summed E-state index contributed by atoms with van der Waals surface area (Å²) in [5, 5.41) is 10.6. The first kappa shape index (κ1) is 23.5. The Bertz CT molecular complexity index is 1070. The zero-order valence-electron chi connectivity index (χ0n) is 18.5. The van der Waals surface area contributed by atoms with Gasteiger partial charge in [0.15, 0.2) is 11.5 Å². The van der Waals surface area contributed by atoms with Crippen LogP contribution in [0.1, 0.15) is 41.9 Å². The summed E-state index contributed by atoms with van der Waals surface area (Å²) in [4.78, 5) is 9.23. The molecule has 7 nitrogen and oxygen atoms in total. The van der Waals surface area contributed by atoms with Gasteiger partial charge in [-0.15, -0.1) is 0 Å². The molecule has 0 bridgehead atoms. The van der Waals surface area contributed by atoms with Gasteiger partial charge in [0.1, 0.15) is 11.6 Å². The van der Waals surface area contributed by atoms with Crippen LogP contribution in [0, 0.1) is 0 Å². The quantitative estimate of drug-likeness (QED) is 0.635. The van der Waals surface area contributed by atoms with Crippen LogP contribution in [0.15, 0.2) is 23.2 Å². The van der Waals surface area contributed by atoms with Crippen LogP contribution in [0.4, 0.5) is 8.78 Å². The molecule has 1 aromatic carbocycles. The SMILES string of the molecule is COc1cc(C2=NC3CCC(O)CC3c3cc(OCC(F)F)c(OC)cc32)c(Cl)c(OC)n1. The second-order valence-corrected chi connectivity index (χ2v) is 8.32. The molecule has 0 radical (unpaired) electrons. The Hall–Kier alpha value is -2.65. The van der Waals surface area contributed by atoms with Crippen LogP contribution in [0.25, 0.3) is 0 Å². The van der Waals surface area contributed by atoms with Crippen molar-refractivity contribution in [3.63, 3.8) is 0 Å². The molecular weight excluding hydrogens is 458 g/mol. The number of aliphatic hydroxyl groups is 1. The van der Waals surface area contributed by atoms with Crippen molar-refractivity contribution in [2.24, 2.45) is 4.99 Å². The van der Waals surface area contributed by atoms with Crippen molar-refractivity contribution in [3.05, 3.63) is 39.9 Å². The van der Waals surface area contributed by atoms with E-state index in [0.717, 1.165) is 5.56 Å². The molecule has 0 spiro atoms. The first-order valence-electron chi connectivity index (χ1n) is 10.5. The number of alkyl halides is 2. The number of aromatic nitrogens is 1. The molecular formula is C23H25ClF2N2O5. The Morgan fingerprint density at radius 3 is 2.52 bits per heavy atom. The van der Waals surface area contributed by atoms with Crippen LogP contribution in [0.2, 0.25) is 5.02 Å². The van der Waals surface area contributed by atoms with Crippen LogP contribution in [0.5, 0.6) is 23.3 Å². The van der Waals surface area contributed by atoms with Gasteiger partial charge in [-0.3, -0.25) is 4.99 Å². The highest BCUT2D eigenvalue weighted by Gasteiger charge is 2.38.